The van der Waals surface area contributed by atoms with Crippen LogP contribution in [0.4, 0.5) is 5.69 Å². The molecule has 0 aromatic heterocycles. The Labute approximate surface area is 137 Å². The minimum Gasteiger partial charge on any atom is -0.340 e. The lowest BCUT2D eigenvalue weighted by Crippen LogP contribution is -2.66. The van der Waals surface area contributed by atoms with Gasteiger partial charge in [0.1, 0.15) is 12.1 Å². The van der Waals surface area contributed by atoms with Crippen LogP contribution in [-0.4, -0.2) is 23.9 Å². The average molecular weight is 348 g/mol. The zero-order chi connectivity index (χ0) is 15.4. The van der Waals surface area contributed by atoms with Crippen molar-refractivity contribution < 1.29 is 9.59 Å². The van der Waals surface area contributed by atoms with Gasteiger partial charge in [0.2, 0.25) is 5.91 Å². The summed E-state index contributed by atoms with van der Waals surface area (Å²) in [5.74, 6) is -0.186. The number of hydrogen-bond acceptors (Lipinski definition) is 2. The van der Waals surface area contributed by atoms with E-state index in [-0.39, 0.29) is 24.3 Å². The molecule has 1 aliphatic heterocycles. The van der Waals surface area contributed by atoms with Crippen LogP contribution in [0.5, 0.6) is 0 Å². The molecule has 1 saturated heterocycles. The monoisotopic (exact) mass is 346 g/mol. The van der Waals surface area contributed by atoms with E-state index in [9.17, 15) is 9.59 Å². The molecule has 112 valence electrons. The van der Waals surface area contributed by atoms with E-state index in [2.05, 4.69) is 5.32 Å². The van der Waals surface area contributed by atoms with Crippen LogP contribution in [0.1, 0.15) is 19.8 Å². The van der Waals surface area contributed by atoms with Crippen molar-refractivity contribution in [2.45, 2.75) is 25.3 Å². The zero-order valence-corrected chi connectivity index (χ0v) is 13.5. The number of hydrogen-bond donors (Lipinski definition) is 1. The molecule has 0 radical (unpaired) electrons. The molecule has 4 nitrogen and oxygen atoms in total. The van der Waals surface area contributed by atoms with Crippen LogP contribution in [0.3, 0.4) is 0 Å². The standard InChI is InChI=1S/C14H13Cl3N2O2/c1-14(7-2-3-7)13(21)19(6-12(20)18-14)11-5-9(16)8(15)4-10(11)17/h4-5,7H,2-3,6H2,1H3,(H,18,20). The maximum atomic E-state index is 12.8. The molecule has 1 aromatic rings. The highest BCUT2D eigenvalue weighted by Gasteiger charge is 2.53. The summed E-state index contributed by atoms with van der Waals surface area (Å²) in [7, 11) is 0. The number of carbonyl (C=O) groups excluding carboxylic acids is 2. The van der Waals surface area contributed by atoms with E-state index < -0.39 is 5.54 Å². The molecule has 0 bridgehead atoms. The van der Waals surface area contributed by atoms with Crippen LogP contribution < -0.4 is 10.2 Å². The van der Waals surface area contributed by atoms with Gasteiger partial charge in [0.15, 0.2) is 0 Å². The highest BCUT2D eigenvalue weighted by atomic mass is 35.5. The lowest BCUT2D eigenvalue weighted by atomic mass is 9.91. The Balaban J connectivity index is 2.03. The fourth-order valence-electron chi connectivity index (χ4n) is 2.73. The van der Waals surface area contributed by atoms with Crippen molar-refractivity contribution in [1.29, 1.82) is 0 Å². The molecular weight excluding hydrogens is 335 g/mol. The molecule has 1 aliphatic carbocycles. The van der Waals surface area contributed by atoms with Crippen LogP contribution in [0.25, 0.3) is 0 Å². The van der Waals surface area contributed by atoms with Gasteiger partial charge in [-0.25, -0.2) is 0 Å². The molecule has 1 unspecified atom stereocenters. The van der Waals surface area contributed by atoms with Gasteiger partial charge in [-0.15, -0.1) is 0 Å². The van der Waals surface area contributed by atoms with E-state index in [4.69, 9.17) is 34.8 Å². The van der Waals surface area contributed by atoms with Crippen LogP contribution in [0, 0.1) is 5.92 Å². The van der Waals surface area contributed by atoms with Crippen LogP contribution in [-0.2, 0) is 9.59 Å². The molecule has 2 amide bonds. The maximum absolute atomic E-state index is 12.8. The Hall–Kier alpha value is -0.970. The highest BCUT2D eigenvalue weighted by Crippen LogP contribution is 2.43. The summed E-state index contributed by atoms with van der Waals surface area (Å²) < 4.78 is 0. The zero-order valence-electron chi connectivity index (χ0n) is 11.3. The van der Waals surface area contributed by atoms with E-state index >= 15 is 0 Å². The number of nitrogens with one attached hydrogen (secondary N) is 1. The highest BCUT2D eigenvalue weighted by molar-refractivity contribution is 6.44. The van der Waals surface area contributed by atoms with Gasteiger partial charge >= 0.3 is 0 Å². The molecule has 7 heteroatoms. The fourth-order valence-corrected chi connectivity index (χ4v) is 3.37. The molecule has 3 rings (SSSR count). The van der Waals surface area contributed by atoms with Crippen molar-refractivity contribution in [3.8, 4) is 0 Å². The van der Waals surface area contributed by atoms with Crippen LogP contribution in [0.2, 0.25) is 15.1 Å². The van der Waals surface area contributed by atoms with Crippen molar-refractivity contribution >= 4 is 52.3 Å². The summed E-state index contributed by atoms with van der Waals surface area (Å²) in [6, 6.07) is 3.01. The molecule has 2 fully saturated rings. The molecule has 1 heterocycles. The third-order valence-electron chi connectivity index (χ3n) is 4.06. The molecule has 2 aliphatic rings. The molecule has 1 aromatic carbocycles. The minimum atomic E-state index is -0.870. The summed E-state index contributed by atoms with van der Waals surface area (Å²) in [5, 5.41) is 3.72. The SMILES string of the molecule is CC1(C2CC2)NC(=O)CN(c2cc(Cl)c(Cl)cc2Cl)C1=O. The summed E-state index contributed by atoms with van der Waals surface area (Å²) >= 11 is 18.1. The number of piperazine rings is 1. The average Bonchev–Trinajstić information content (AvgIpc) is 3.23. The molecule has 1 N–H and O–H groups in total. The number of amides is 2. The molecule has 21 heavy (non-hydrogen) atoms. The smallest absolute Gasteiger partial charge is 0.253 e. The third kappa shape index (κ3) is 2.50. The number of carbonyl (C=O) groups is 2. The van der Waals surface area contributed by atoms with Crippen molar-refractivity contribution in [3.05, 3.63) is 27.2 Å². The number of nitrogens with zero attached hydrogens (tertiary/aromatic N) is 1. The quantitative estimate of drug-likeness (QED) is 0.835. The second-order valence-corrected chi connectivity index (χ2v) is 6.86. The molecule has 1 atom stereocenters. The van der Waals surface area contributed by atoms with Gasteiger partial charge in [-0.05, 0) is 37.8 Å². The predicted molar refractivity (Wildman–Crippen MR) is 83.1 cm³/mol. The Bertz CT molecular complexity index is 645. The number of rotatable bonds is 2. The van der Waals surface area contributed by atoms with Crippen molar-refractivity contribution in [3.63, 3.8) is 0 Å². The van der Waals surface area contributed by atoms with E-state index in [1.807, 2.05) is 0 Å². The normalized spacial score (nSPS) is 26.0. The maximum Gasteiger partial charge on any atom is 0.253 e. The van der Waals surface area contributed by atoms with Gasteiger partial charge in [0.05, 0.1) is 20.8 Å². The Morgan fingerprint density at radius 1 is 1.14 bits per heavy atom. The van der Waals surface area contributed by atoms with Gasteiger partial charge in [-0.1, -0.05) is 34.8 Å². The fraction of sp³-hybridized carbons (Fsp3) is 0.429. The lowest BCUT2D eigenvalue weighted by molar-refractivity contribution is -0.136. The number of benzene rings is 1. The Morgan fingerprint density at radius 2 is 1.76 bits per heavy atom. The van der Waals surface area contributed by atoms with Gasteiger partial charge in [0.25, 0.3) is 5.91 Å². The van der Waals surface area contributed by atoms with Crippen molar-refractivity contribution in [2.75, 3.05) is 11.4 Å². The van der Waals surface area contributed by atoms with E-state index in [1.165, 1.54) is 17.0 Å². The van der Waals surface area contributed by atoms with Gasteiger partial charge in [-0.3, -0.25) is 14.5 Å². The van der Waals surface area contributed by atoms with Crippen molar-refractivity contribution in [2.24, 2.45) is 5.92 Å². The van der Waals surface area contributed by atoms with E-state index in [0.717, 1.165) is 12.8 Å². The summed E-state index contributed by atoms with van der Waals surface area (Å²) in [6.45, 7) is 1.70. The number of anilines is 1. The first kappa shape index (κ1) is 14.9. The van der Waals surface area contributed by atoms with Gasteiger partial charge in [0, 0.05) is 0 Å². The Kier molecular flexibility index (Phi) is 3.59. The predicted octanol–water partition coefficient (Wildman–Crippen LogP) is 3.28. The Morgan fingerprint density at radius 3 is 2.38 bits per heavy atom. The largest absolute Gasteiger partial charge is 0.340 e. The van der Waals surface area contributed by atoms with E-state index in [1.54, 1.807) is 6.92 Å². The summed E-state index contributed by atoms with van der Waals surface area (Å²) in [6.07, 6.45) is 1.87. The van der Waals surface area contributed by atoms with Crippen LogP contribution in [0.15, 0.2) is 12.1 Å². The topological polar surface area (TPSA) is 49.4 Å². The first-order chi connectivity index (χ1) is 9.83. The first-order valence-corrected chi connectivity index (χ1v) is 7.74. The molecule has 0 spiro atoms. The van der Waals surface area contributed by atoms with Gasteiger partial charge < -0.3 is 5.32 Å². The van der Waals surface area contributed by atoms with Crippen LogP contribution >= 0.6 is 34.8 Å². The van der Waals surface area contributed by atoms with E-state index in [0.29, 0.717) is 20.8 Å². The molecular formula is C14H13Cl3N2O2. The minimum absolute atomic E-state index is 0.0706. The summed E-state index contributed by atoms with van der Waals surface area (Å²) in [4.78, 5) is 26.2. The summed E-state index contributed by atoms with van der Waals surface area (Å²) in [5.41, 5.74) is -0.456. The second-order valence-electron chi connectivity index (χ2n) is 5.63. The first-order valence-electron chi connectivity index (χ1n) is 6.60. The second kappa shape index (κ2) is 5.04. The van der Waals surface area contributed by atoms with Gasteiger partial charge in [-0.2, -0.15) is 0 Å². The lowest BCUT2D eigenvalue weighted by Gasteiger charge is -2.40. The third-order valence-corrected chi connectivity index (χ3v) is 5.09. The molecule has 1 saturated carbocycles. The van der Waals surface area contributed by atoms with Crippen molar-refractivity contribution in [1.82, 2.24) is 5.32 Å². The number of halogens is 3.